The maximum Gasteiger partial charge on any atom is 0.158 e. The highest BCUT2D eigenvalue weighted by atomic mass is 16.5. The third kappa shape index (κ3) is 7.24. The predicted octanol–water partition coefficient (Wildman–Crippen LogP) is 3.07. The van der Waals surface area contributed by atoms with Gasteiger partial charge in [-0.15, -0.1) is 0 Å². The van der Waals surface area contributed by atoms with Crippen molar-refractivity contribution >= 4 is 11.6 Å². The average Bonchev–Trinajstić information content (AvgIpc) is 2.49. The van der Waals surface area contributed by atoms with Crippen LogP contribution in [0.3, 0.4) is 0 Å². The van der Waals surface area contributed by atoms with Crippen LogP contribution < -0.4 is 16.6 Å². The number of anilines is 2. The van der Waals surface area contributed by atoms with Crippen LogP contribution in [0, 0.1) is 0 Å². The van der Waals surface area contributed by atoms with Gasteiger partial charge in [0.2, 0.25) is 0 Å². The Hall–Kier alpha value is -1.40. The molecule has 0 saturated carbocycles. The molecule has 1 heterocycles. The molecule has 1 aromatic rings. The quantitative estimate of drug-likeness (QED) is 0.330. The first-order valence-corrected chi connectivity index (χ1v) is 7.88. The van der Waals surface area contributed by atoms with E-state index < -0.39 is 0 Å². The molecule has 21 heavy (non-hydrogen) atoms. The van der Waals surface area contributed by atoms with E-state index in [0.717, 1.165) is 12.2 Å². The van der Waals surface area contributed by atoms with Gasteiger partial charge in [-0.1, -0.05) is 32.6 Å². The summed E-state index contributed by atoms with van der Waals surface area (Å²) in [7, 11) is 0. The lowest BCUT2D eigenvalue weighted by Crippen LogP contribution is -2.18. The normalized spacial score (nSPS) is 12.2. The molecule has 1 atom stereocenters. The van der Waals surface area contributed by atoms with Gasteiger partial charge in [-0.05, 0) is 20.3 Å². The van der Waals surface area contributed by atoms with Crippen LogP contribution in [0.2, 0.25) is 0 Å². The van der Waals surface area contributed by atoms with Crippen molar-refractivity contribution in [2.24, 2.45) is 5.84 Å². The Labute approximate surface area is 127 Å². The molecular formula is C15H29N5O. The number of hydrogen-bond donors (Lipinski definition) is 3. The van der Waals surface area contributed by atoms with E-state index in [-0.39, 0.29) is 0 Å². The van der Waals surface area contributed by atoms with Crippen LogP contribution in [-0.4, -0.2) is 22.6 Å². The van der Waals surface area contributed by atoms with E-state index in [4.69, 9.17) is 10.6 Å². The zero-order valence-corrected chi connectivity index (χ0v) is 13.5. The fraction of sp³-hybridized carbons (Fsp3) is 0.733. The molecule has 0 aliphatic rings. The van der Waals surface area contributed by atoms with Crippen LogP contribution in [0.15, 0.2) is 6.07 Å². The van der Waals surface area contributed by atoms with Crippen LogP contribution >= 0.6 is 0 Å². The van der Waals surface area contributed by atoms with Gasteiger partial charge in [-0.25, -0.2) is 15.8 Å². The van der Waals surface area contributed by atoms with Crippen molar-refractivity contribution in [3.8, 4) is 0 Å². The third-order valence-corrected chi connectivity index (χ3v) is 3.24. The van der Waals surface area contributed by atoms with Crippen LogP contribution in [0.25, 0.3) is 0 Å². The molecule has 0 amide bonds. The Morgan fingerprint density at radius 3 is 2.62 bits per heavy atom. The van der Waals surface area contributed by atoms with E-state index in [9.17, 15) is 0 Å². The van der Waals surface area contributed by atoms with Crippen molar-refractivity contribution in [2.45, 2.75) is 65.5 Å². The van der Waals surface area contributed by atoms with Crippen molar-refractivity contribution in [2.75, 3.05) is 17.3 Å². The summed E-state index contributed by atoms with van der Waals surface area (Å²) in [5.74, 6) is 7.47. The molecule has 4 N–H and O–H groups in total. The summed E-state index contributed by atoms with van der Waals surface area (Å²) >= 11 is 0. The molecule has 6 heteroatoms. The maximum atomic E-state index is 5.45. The van der Waals surface area contributed by atoms with Gasteiger partial charge in [0.15, 0.2) is 5.82 Å². The highest BCUT2D eigenvalue weighted by Gasteiger charge is 2.07. The molecule has 1 rings (SSSR count). The number of aromatic nitrogens is 2. The minimum absolute atomic E-state index is 0.377. The summed E-state index contributed by atoms with van der Waals surface area (Å²) in [5.41, 5.74) is 2.57. The van der Waals surface area contributed by atoms with E-state index in [1.54, 1.807) is 0 Å². The summed E-state index contributed by atoms with van der Waals surface area (Å²) in [5, 5.41) is 3.41. The summed E-state index contributed by atoms with van der Waals surface area (Å²) in [6.07, 6.45) is 6.23. The molecule has 1 unspecified atom stereocenters. The number of nitrogens with one attached hydrogen (secondary N) is 2. The van der Waals surface area contributed by atoms with Crippen molar-refractivity contribution < 1.29 is 4.74 Å². The number of hydrazine groups is 1. The van der Waals surface area contributed by atoms with Crippen molar-refractivity contribution in [3.63, 3.8) is 0 Å². The largest absolute Gasteiger partial charge is 0.374 e. The van der Waals surface area contributed by atoms with Crippen LogP contribution in [0.4, 0.5) is 11.6 Å². The summed E-state index contributed by atoms with van der Waals surface area (Å²) < 4.78 is 5.35. The fourth-order valence-corrected chi connectivity index (χ4v) is 2.10. The highest BCUT2D eigenvalue weighted by Crippen LogP contribution is 2.14. The second-order valence-corrected chi connectivity index (χ2v) is 5.23. The van der Waals surface area contributed by atoms with Crippen LogP contribution in [0.1, 0.15) is 58.7 Å². The molecule has 0 spiro atoms. The van der Waals surface area contributed by atoms with Gasteiger partial charge in [-0.2, -0.15) is 0 Å². The fourth-order valence-electron chi connectivity index (χ4n) is 2.10. The predicted molar refractivity (Wildman–Crippen MR) is 87.0 cm³/mol. The molecular weight excluding hydrogens is 266 g/mol. The number of rotatable bonds is 11. The molecule has 0 saturated heterocycles. The first-order valence-electron chi connectivity index (χ1n) is 7.88. The molecule has 1 aromatic heterocycles. The zero-order valence-electron chi connectivity index (χ0n) is 13.5. The van der Waals surface area contributed by atoms with Gasteiger partial charge < -0.3 is 15.5 Å². The lowest BCUT2D eigenvalue weighted by atomic mass is 10.1. The van der Waals surface area contributed by atoms with Gasteiger partial charge in [0.1, 0.15) is 18.2 Å². The van der Waals surface area contributed by atoms with Gasteiger partial charge in [0.05, 0.1) is 0 Å². The summed E-state index contributed by atoms with van der Waals surface area (Å²) in [6.45, 7) is 7.38. The van der Waals surface area contributed by atoms with E-state index >= 15 is 0 Å². The lowest BCUT2D eigenvalue weighted by Gasteiger charge is -2.15. The summed E-state index contributed by atoms with van der Waals surface area (Å²) in [4.78, 5) is 8.73. The molecule has 0 aromatic carbocycles. The van der Waals surface area contributed by atoms with Gasteiger partial charge >= 0.3 is 0 Å². The van der Waals surface area contributed by atoms with E-state index in [2.05, 4.69) is 34.6 Å². The number of nitrogens with two attached hydrogens (primary N) is 1. The van der Waals surface area contributed by atoms with E-state index in [1.165, 1.54) is 25.7 Å². The molecule has 120 valence electrons. The van der Waals surface area contributed by atoms with Crippen molar-refractivity contribution in [1.29, 1.82) is 0 Å². The molecule has 6 nitrogen and oxygen atoms in total. The molecule has 0 aliphatic heterocycles. The van der Waals surface area contributed by atoms with E-state index in [0.29, 0.717) is 30.9 Å². The SMILES string of the molecule is CCCCCCC(C)Nc1cc(NN)nc(COCC)n1. The Morgan fingerprint density at radius 1 is 1.19 bits per heavy atom. The Kier molecular flexibility index (Phi) is 8.69. The van der Waals surface area contributed by atoms with Crippen molar-refractivity contribution in [3.05, 3.63) is 11.9 Å². The van der Waals surface area contributed by atoms with Crippen LogP contribution in [0.5, 0.6) is 0 Å². The molecule has 0 bridgehead atoms. The standard InChI is InChI=1S/C15H29N5O/c1-4-6-7-8-9-12(3)17-13-10-14(20-16)19-15(18-13)11-21-5-2/h10,12H,4-9,11,16H2,1-3H3,(H2,17,18,19,20). The third-order valence-electron chi connectivity index (χ3n) is 3.24. The smallest absolute Gasteiger partial charge is 0.158 e. The molecule has 0 radical (unpaired) electrons. The molecule has 0 fully saturated rings. The second kappa shape index (κ2) is 10.3. The number of unbranched alkanes of at least 4 members (excludes halogenated alkanes) is 3. The number of hydrogen-bond acceptors (Lipinski definition) is 6. The molecule has 0 aliphatic carbocycles. The zero-order chi connectivity index (χ0) is 15.5. The number of ether oxygens (including phenoxy) is 1. The van der Waals surface area contributed by atoms with Crippen LogP contribution in [-0.2, 0) is 11.3 Å². The van der Waals surface area contributed by atoms with E-state index in [1.807, 2.05) is 13.0 Å². The second-order valence-electron chi connectivity index (χ2n) is 5.23. The Morgan fingerprint density at radius 2 is 1.95 bits per heavy atom. The highest BCUT2D eigenvalue weighted by molar-refractivity contribution is 5.47. The van der Waals surface area contributed by atoms with Gasteiger partial charge in [0.25, 0.3) is 0 Å². The first-order chi connectivity index (χ1) is 10.2. The van der Waals surface area contributed by atoms with Crippen molar-refractivity contribution in [1.82, 2.24) is 9.97 Å². The number of nitrogens with zero attached hydrogens (tertiary/aromatic N) is 2. The topological polar surface area (TPSA) is 85.1 Å². The number of nitrogen functional groups attached to an aromatic ring is 1. The minimum Gasteiger partial charge on any atom is -0.374 e. The van der Waals surface area contributed by atoms with Gasteiger partial charge in [-0.3, -0.25) is 0 Å². The summed E-state index contributed by atoms with van der Waals surface area (Å²) in [6, 6.07) is 2.19. The maximum absolute atomic E-state index is 5.45. The minimum atomic E-state index is 0.377. The average molecular weight is 295 g/mol. The lowest BCUT2D eigenvalue weighted by molar-refractivity contribution is 0.128. The monoisotopic (exact) mass is 295 g/mol. The van der Waals surface area contributed by atoms with Gasteiger partial charge in [0, 0.05) is 18.7 Å². The first kappa shape index (κ1) is 17.7. The Bertz CT molecular complexity index is 400. The Balaban J connectivity index is 2.55.